The Bertz CT molecular complexity index is 446. The lowest BCUT2D eigenvalue weighted by Gasteiger charge is -2.42. The van der Waals surface area contributed by atoms with Crippen molar-refractivity contribution in [1.82, 2.24) is 0 Å². The molecule has 0 bridgehead atoms. The van der Waals surface area contributed by atoms with Crippen molar-refractivity contribution in [1.29, 1.82) is 0 Å². The summed E-state index contributed by atoms with van der Waals surface area (Å²) in [5, 5.41) is 9.74. The molecule has 1 aromatic rings. The van der Waals surface area contributed by atoms with Crippen LogP contribution in [0.4, 0.5) is 13.2 Å². The number of hydrogen-bond acceptors (Lipinski definition) is 3. The molecule has 0 amide bonds. The van der Waals surface area contributed by atoms with Gasteiger partial charge in [0.15, 0.2) is 5.72 Å². The van der Waals surface area contributed by atoms with E-state index in [4.69, 9.17) is 10.5 Å². The van der Waals surface area contributed by atoms with Crippen LogP contribution in [0.15, 0.2) is 30.3 Å². The van der Waals surface area contributed by atoms with Gasteiger partial charge in [-0.2, -0.15) is 13.2 Å². The molecule has 6 heteroatoms. The molecule has 1 fully saturated rings. The maximum Gasteiger partial charge on any atom is 0.419 e. The number of halogens is 3. The highest BCUT2D eigenvalue weighted by Crippen LogP contribution is 2.39. The number of nitrogens with two attached hydrogens (primary N) is 1. The number of hydrogen-bond donors (Lipinski definition) is 2. The number of ether oxygens (including phenoxy) is 1. The van der Waals surface area contributed by atoms with E-state index < -0.39 is 23.9 Å². The molecule has 3 N–H and O–H groups in total. The van der Waals surface area contributed by atoms with E-state index in [0.717, 1.165) is 19.3 Å². The summed E-state index contributed by atoms with van der Waals surface area (Å²) in [5.74, 6) is -0.294. The van der Waals surface area contributed by atoms with E-state index in [1.807, 2.05) is 0 Å². The average Bonchev–Trinajstić information content (AvgIpc) is 2.47. The maximum atomic E-state index is 13.0. The molecule has 1 aliphatic carbocycles. The molecule has 2 unspecified atom stereocenters. The smallest absolute Gasteiger partial charge is 0.419 e. The zero-order valence-electron chi connectivity index (χ0n) is 11.6. The van der Waals surface area contributed by atoms with Gasteiger partial charge in [-0.3, -0.25) is 5.73 Å². The number of para-hydroxylation sites is 1. The quantitative estimate of drug-likeness (QED) is 0.840. The van der Waals surface area contributed by atoms with E-state index in [1.54, 1.807) is 18.2 Å². The third-order valence-corrected chi connectivity index (χ3v) is 4.02. The molecule has 0 aromatic heterocycles. The minimum Gasteiger partial charge on any atom is -0.470 e. The standard InChI is InChI=1S/C15H20F3NO2/c16-15(17,18)13(20)14(19,11-7-3-1-4-8-11)21-12-9-5-2-6-10-12/h2,5-6,9-11,13,20H,1,3-4,7-8,19H2. The molecular weight excluding hydrogens is 283 g/mol. The molecule has 21 heavy (non-hydrogen) atoms. The fourth-order valence-electron chi connectivity index (χ4n) is 2.86. The average molecular weight is 303 g/mol. The van der Waals surface area contributed by atoms with Gasteiger partial charge in [0.25, 0.3) is 0 Å². The Morgan fingerprint density at radius 1 is 1.10 bits per heavy atom. The number of benzene rings is 1. The summed E-state index contributed by atoms with van der Waals surface area (Å²) in [7, 11) is 0. The van der Waals surface area contributed by atoms with Gasteiger partial charge in [0.2, 0.25) is 6.10 Å². The summed E-state index contributed by atoms with van der Waals surface area (Å²) in [4.78, 5) is 0. The van der Waals surface area contributed by atoms with Crippen LogP contribution in [0, 0.1) is 5.92 Å². The van der Waals surface area contributed by atoms with Crippen molar-refractivity contribution < 1.29 is 23.0 Å². The van der Waals surface area contributed by atoms with Crippen LogP contribution in [-0.2, 0) is 0 Å². The summed E-state index contributed by atoms with van der Waals surface area (Å²) in [6, 6.07) is 8.10. The minimum absolute atomic E-state index is 0.230. The summed E-state index contributed by atoms with van der Waals surface area (Å²) in [6.45, 7) is 0. The Balaban J connectivity index is 2.28. The first-order valence-corrected chi connectivity index (χ1v) is 7.12. The monoisotopic (exact) mass is 303 g/mol. The van der Waals surface area contributed by atoms with Gasteiger partial charge in [-0.05, 0) is 25.0 Å². The van der Waals surface area contributed by atoms with Crippen molar-refractivity contribution in [3.8, 4) is 5.75 Å². The summed E-state index contributed by atoms with van der Waals surface area (Å²) < 4.78 is 44.4. The van der Waals surface area contributed by atoms with Crippen LogP contribution in [-0.4, -0.2) is 23.1 Å². The van der Waals surface area contributed by atoms with Crippen LogP contribution >= 0.6 is 0 Å². The van der Waals surface area contributed by atoms with Crippen molar-refractivity contribution >= 4 is 0 Å². The summed E-state index contributed by atoms with van der Waals surface area (Å²) in [5.41, 5.74) is 3.79. The first kappa shape index (κ1) is 16.1. The molecule has 118 valence electrons. The lowest BCUT2D eigenvalue weighted by molar-refractivity contribution is -0.262. The molecule has 0 radical (unpaired) electrons. The zero-order chi connectivity index (χ0) is 15.5. The Labute approximate surface area is 121 Å². The Morgan fingerprint density at radius 3 is 2.19 bits per heavy atom. The van der Waals surface area contributed by atoms with Crippen LogP contribution in [0.1, 0.15) is 32.1 Å². The largest absolute Gasteiger partial charge is 0.470 e. The topological polar surface area (TPSA) is 55.5 Å². The highest BCUT2D eigenvalue weighted by Gasteiger charge is 2.56. The van der Waals surface area contributed by atoms with Gasteiger partial charge < -0.3 is 9.84 Å². The van der Waals surface area contributed by atoms with Crippen LogP contribution < -0.4 is 10.5 Å². The highest BCUT2D eigenvalue weighted by atomic mass is 19.4. The molecule has 1 saturated carbocycles. The van der Waals surface area contributed by atoms with E-state index in [1.165, 1.54) is 12.1 Å². The van der Waals surface area contributed by atoms with Crippen molar-refractivity contribution in [3.63, 3.8) is 0 Å². The lowest BCUT2D eigenvalue weighted by atomic mass is 9.79. The fraction of sp³-hybridized carbons (Fsp3) is 0.600. The molecule has 2 atom stereocenters. The van der Waals surface area contributed by atoms with Gasteiger partial charge in [-0.25, -0.2) is 0 Å². The molecule has 0 spiro atoms. The molecular formula is C15H20F3NO2. The van der Waals surface area contributed by atoms with Gasteiger partial charge in [0.1, 0.15) is 5.75 Å². The Kier molecular flexibility index (Phi) is 4.78. The Morgan fingerprint density at radius 2 is 1.67 bits per heavy atom. The Hall–Kier alpha value is -1.27. The molecule has 1 aromatic carbocycles. The van der Waals surface area contributed by atoms with E-state index >= 15 is 0 Å². The molecule has 0 heterocycles. The molecule has 3 nitrogen and oxygen atoms in total. The molecule has 0 aliphatic heterocycles. The fourth-order valence-corrected chi connectivity index (χ4v) is 2.86. The zero-order valence-corrected chi connectivity index (χ0v) is 11.6. The van der Waals surface area contributed by atoms with Crippen LogP contribution in [0.25, 0.3) is 0 Å². The van der Waals surface area contributed by atoms with Crippen molar-refractivity contribution in [2.45, 2.75) is 50.1 Å². The van der Waals surface area contributed by atoms with Crippen LogP contribution in [0.2, 0.25) is 0 Å². The summed E-state index contributed by atoms with van der Waals surface area (Å²) >= 11 is 0. The lowest BCUT2D eigenvalue weighted by Crippen LogP contribution is -2.65. The van der Waals surface area contributed by atoms with Gasteiger partial charge in [0, 0.05) is 5.92 Å². The normalized spacial score (nSPS) is 21.6. The minimum atomic E-state index is -4.82. The number of aliphatic hydroxyl groups excluding tert-OH is 1. The van der Waals surface area contributed by atoms with Gasteiger partial charge in [-0.15, -0.1) is 0 Å². The molecule has 2 rings (SSSR count). The van der Waals surface area contributed by atoms with Crippen molar-refractivity contribution in [3.05, 3.63) is 30.3 Å². The van der Waals surface area contributed by atoms with E-state index in [2.05, 4.69) is 0 Å². The van der Waals surface area contributed by atoms with Crippen molar-refractivity contribution in [2.75, 3.05) is 0 Å². The van der Waals surface area contributed by atoms with E-state index in [-0.39, 0.29) is 5.75 Å². The predicted octanol–water partition coefficient (Wildman–Crippen LogP) is 3.22. The number of alkyl halides is 3. The van der Waals surface area contributed by atoms with Gasteiger partial charge in [0.05, 0.1) is 0 Å². The second-order valence-corrected chi connectivity index (χ2v) is 5.55. The predicted molar refractivity (Wildman–Crippen MR) is 72.6 cm³/mol. The third-order valence-electron chi connectivity index (χ3n) is 4.02. The SMILES string of the molecule is NC(Oc1ccccc1)(C1CCCCC1)C(O)C(F)(F)F. The molecule has 1 aliphatic rings. The van der Waals surface area contributed by atoms with Crippen LogP contribution in [0.5, 0.6) is 5.75 Å². The summed E-state index contributed by atoms with van der Waals surface area (Å²) in [6.07, 6.45) is -3.92. The van der Waals surface area contributed by atoms with E-state index in [0.29, 0.717) is 12.8 Å². The third kappa shape index (κ3) is 3.68. The first-order chi connectivity index (χ1) is 9.84. The van der Waals surface area contributed by atoms with Crippen molar-refractivity contribution in [2.24, 2.45) is 11.7 Å². The van der Waals surface area contributed by atoms with Gasteiger partial charge in [-0.1, -0.05) is 37.5 Å². The van der Waals surface area contributed by atoms with E-state index in [9.17, 15) is 18.3 Å². The second kappa shape index (κ2) is 6.23. The maximum absolute atomic E-state index is 13.0. The molecule has 0 saturated heterocycles. The first-order valence-electron chi connectivity index (χ1n) is 7.12. The van der Waals surface area contributed by atoms with Crippen LogP contribution in [0.3, 0.4) is 0 Å². The highest BCUT2D eigenvalue weighted by molar-refractivity contribution is 5.22. The number of rotatable bonds is 4. The number of aliphatic hydroxyl groups is 1. The van der Waals surface area contributed by atoms with Gasteiger partial charge >= 0.3 is 6.18 Å². The second-order valence-electron chi connectivity index (χ2n) is 5.55.